The zero-order valence-electron chi connectivity index (χ0n) is 23.0. The Morgan fingerprint density at radius 3 is 1.14 bits per heavy atom. The Morgan fingerprint density at radius 2 is 1.11 bits per heavy atom. The fourth-order valence-electron chi connectivity index (χ4n) is 1.05. The molecule has 0 aromatic carbocycles. The number of carbonyl (C=O) groups excluding carboxylic acids is 2. The van der Waals surface area contributed by atoms with Crippen LogP contribution in [0.15, 0.2) is 0 Å². The number of likely N-dealkylation sites (N-methyl/N-ethyl adjacent to an activating group) is 1. The number of carbonyl (C=O) groups is 2. The number of amides is 1. The molecule has 0 spiro atoms. The Bertz CT molecular complexity index is 183. The molecule has 0 bridgehead atoms. The Balaban J connectivity index is -0.0000000303. The van der Waals surface area contributed by atoms with Crippen molar-refractivity contribution in [3.8, 4) is 0 Å². The molecule has 3 N–H and O–H groups in total. The minimum atomic E-state index is -0.471. The summed E-state index contributed by atoms with van der Waals surface area (Å²) >= 11 is 0. The van der Waals surface area contributed by atoms with Crippen LogP contribution in [0.25, 0.3) is 0 Å². The van der Waals surface area contributed by atoms with Gasteiger partial charge in [0, 0.05) is 6.42 Å². The zero-order chi connectivity index (χ0) is 25.0. The Kier molecular flexibility index (Phi) is 149. The summed E-state index contributed by atoms with van der Waals surface area (Å²) < 4.78 is 0. The summed E-state index contributed by atoms with van der Waals surface area (Å²) in [6, 6.07) is -0.428. The SMILES string of the molecule is CC.CC.CC.CC.CC.CC.CC.CC1CCC1.CN[C@H](C=O)CC(N)=O. The maximum absolute atomic E-state index is 10.2. The van der Waals surface area contributed by atoms with Crippen molar-refractivity contribution in [1.29, 1.82) is 0 Å². The van der Waals surface area contributed by atoms with Crippen molar-refractivity contribution in [2.45, 2.75) is 136 Å². The number of nitrogens with one attached hydrogen (secondary N) is 1. The molecule has 0 aromatic rings. The van der Waals surface area contributed by atoms with E-state index in [0.717, 1.165) is 5.92 Å². The second-order valence-electron chi connectivity index (χ2n) is 3.74. The van der Waals surface area contributed by atoms with E-state index in [2.05, 4.69) is 12.2 Å². The van der Waals surface area contributed by atoms with E-state index >= 15 is 0 Å². The quantitative estimate of drug-likeness (QED) is 0.468. The largest absolute Gasteiger partial charge is 0.370 e. The average Bonchev–Trinajstić information content (AvgIpc) is 2.80. The van der Waals surface area contributed by atoms with Crippen LogP contribution in [0.4, 0.5) is 0 Å². The highest BCUT2D eigenvalue weighted by atomic mass is 16.1. The maximum Gasteiger partial charge on any atom is 0.219 e. The van der Waals surface area contributed by atoms with Gasteiger partial charge in [0.2, 0.25) is 5.91 Å². The standard InChI is InChI=1S/C5H10N2O2.C5H10.7C2H6/c1-7-4(3-8)2-5(6)9;1-5-3-2-4-5;7*1-2/h3-4,7H,2H2,1H3,(H2,6,9);5H,2-4H2,1H3;7*1-2H3/t4-;;;;;;;;/m0......../s1. The van der Waals surface area contributed by atoms with Gasteiger partial charge in [-0.15, -0.1) is 0 Å². The van der Waals surface area contributed by atoms with Gasteiger partial charge in [0.1, 0.15) is 6.29 Å². The summed E-state index contributed by atoms with van der Waals surface area (Å²) in [7, 11) is 1.60. The first-order chi connectivity index (χ1) is 13.6. The Hall–Kier alpha value is -0.900. The normalized spacial score (nSPS) is 10.1. The molecule has 1 aliphatic rings. The van der Waals surface area contributed by atoms with E-state index < -0.39 is 11.9 Å². The molecule has 0 heterocycles. The summed E-state index contributed by atoms with van der Waals surface area (Å²) in [5.74, 6) is 0.594. The first-order valence-corrected chi connectivity index (χ1v) is 12.0. The van der Waals surface area contributed by atoms with Gasteiger partial charge in [-0.25, -0.2) is 0 Å². The summed E-state index contributed by atoms with van der Waals surface area (Å²) in [4.78, 5) is 20.2. The van der Waals surface area contributed by atoms with E-state index in [9.17, 15) is 9.59 Å². The van der Waals surface area contributed by atoms with Gasteiger partial charge in [0.05, 0.1) is 6.04 Å². The summed E-state index contributed by atoms with van der Waals surface area (Å²) in [6.07, 6.45) is 5.19. The van der Waals surface area contributed by atoms with Gasteiger partial charge in [-0.2, -0.15) is 0 Å². The molecule has 1 aliphatic carbocycles. The molecule has 4 nitrogen and oxygen atoms in total. The molecule has 28 heavy (non-hydrogen) atoms. The first-order valence-electron chi connectivity index (χ1n) is 12.0. The van der Waals surface area contributed by atoms with Gasteiger partial charge in [-0.3, -0.25) is 4.79 Å². The monoisotopic (exact) mass is 410 g/mol. The molecule has 1 rings (SSSR count). The molecule has 0 saturated heterocycles. The van der Waals surface area contributed by atoms with E-state index in [1.807, 2.05) is 96.9 Å². The van der Waals surface area contributed by atoms with Crippen molar-refractivity contribution in [1.82, 2.24) is 5.32 Å². The second-order valence-corrected chi connectivity index (χ2v) is 3.74. The molecule has 0 aromatic heterocycles. The third kappa shape index (κ3) is 85.0. The topological polar surface area (TPSA) is 72.2 Å². The highest BCUT2D eigenvalue weighted by Crippen LogP contribution is 2.24. The summed E-state index contributed by atoms with van der Waals surface area (Å²) in [6.45, 7) is 30.3. The van der Waals surface area contributed by atoms with Gasteiger partial charge in [-0.05, 0) is 13.0 Å². The predicted molar refractivity (Wildman–Crippen MR) is 135 cm³/mol. The highest BCUT2D eigenvalue weighted by molar-refractivity contribution is 5.78. The van der Waals surface area contributed by atoms with Crippen LogP contribution in [0.2, 0.25) is 0 Å². The molecule has 4 heteroatoms. The summed E-state index contributed by atoms with van der Waals surface area (Å²) in [5, 5.41) is 2.61. The zero-order valence-corrected chi connectivity index (χ0v) is 23.0. The summed E-state index contributed by atoms with van der Waals surface area (Å²) in [5.41, 5.74) is 4.81. The van der Waals surface area contributed by atoms with Crippen LogP contribution in [0, 0.1) is 5.92 Å². The van der Waals surface area contributed by atoms with Crippen molar-refractivity contribution < 1.29 is 9.59 Å². The van der Waals surface area contributed by atoms with E-state index in [1.165, 1.54) is 19.3 Å². The number of aldehydes is 1. The lowest BCUT2D eigenvalue weighted by Gasteiger charge is -2.18. The van der Waals surface area contributed by atoms with Crippen molar-refractivity contribution in [2.75, 3.05) is 7.05 Å². The lowest BCUT2D eigenvalue weighted by atomic mass is 9.88. The average molecular weight is 411 g/mol. The smallest absolute Gasteiger partial charge is 0.219 e. The molecular formula is C24H62N2O2. The number of primary amides is 1. The molecule has 0 unspecified atom stereocenters. The molecule has 1 atom stereocenters. The lowest BCUT2D eigenvalue weighted by Crippen LogP contribution is -2.31. The van der Waals surface area contributed by atoms with Crippen molar-refractivity contribution in [2.24, 2.45) is 11.7 Å². The molecule has 180 valence electrons. The van der Waals surface area contributed by atoms with Crippen molar-refractivity contribution in [3.63, 3.8) is 0 Å². The Morgan fingerprint density at radius 1 is 0.857 bits per heavy atom. The van der Waals surface area contributed by atoms with Crippen LogP contribution in [-0.4, -0.2) is 25.3 Å². The second kappa shape index (κ2) is 82.7. The van der Waals surface area contributed by atoms with Gasteiger partial charge >= 0.3 is 0 Å². The third-order valence-corrected chi connectivity index (χ3v) is 2.35. The minimum absolute atomic E-state index is 0.0694. The van der Waals surface area contributed by atoms with Crippen molar-refractivity contribution >= 4 is 12.2 Å². The predicted octanol–water partition coefficient (Wildman–Crippen LogP) is 7.64. The molecule has 1 amide bonds. The van der Waals surface area contributed by atoms with Crippen LogP contribution < -0.4 is 11.1 Å². The molecule has 0 radical (unpaired) electrons. The lowest BCUT2D eigenvalue weighted by molar-refractivity contribution is -0.120. The maximum atomic E-state index is 10.2. The third-order valence-electron chi connectivity index (χ3n) is 2.35. The van der Waals surface area contributed by atoms with Crippen LogP contribution in [0.5, 0.6) is 0 Å². The van der Waals surface area contributed by atoms with Gasteiger partial charge in [0.25, 0.3) is 0 Å². The van der Waals surface area contributed by atoms with Crippen molar-refractivity contribution in [3.05, 3.63) is 0 Å². The number of hydrogen-bond acceptors (Lipinski definition) is 3. The van der Waals surface area contributed by atoms with E-state index in [4.69, 9.17) is 5.73 Å². The van der Waals surface area contributed by atoms with E-state index in [0.29, 0.717) is 6.29 Å². The molecule has 1 fully saturated rings. The fourth-order valence-corrected chi connectivity index (χ4v) is 1.05. The van der Waals surface area contributed by atoms with Crippen LogP contribution >= 0.6 is 0 Å². The van der Waals surface area contributed by atoms with E-state index in [1.54, 1.807) is 7.05 Å². The van der Waals surface area contributed by atoms with Gasteiger partial charge in [-0.1, -0.05) is 123 Å². The number of rotatable bonds is 4. The number of hydrogen-bond donors (Lipinski definition) is 2. The van der Waals surface area contributed by atoms with Crippen LogP contribution in [-0.2, 0) is 9.59 Å². The molecule has 0 aliphatic heterocycles. The Labute approximate surface area is 181 Å². The molecule has 1 saturated carbocycles. The van der Waals surface area contributed by atoms with Gasteiger partial charge < -0.3 is 15.8 Å². The highest BCUT2D eigenvalue weighted by Gasteiger charge is 2.09. The first kappa shape index (κ1) is 50.6. The fraction of sp³-hybridized carbons (Fsp3) is 0.917. The molecular weight excluding hydrogens is 348 g/mol. The van der Waals surface area contributed by atoms with Gasteiger partial charge in [0.15, 0.2) is 0 Å². The number of nitrogens with two attached hydrogens (primary N) is 1. The van der Waals surface area contributed by atoms with Crippen LogP contribution in [0.3, 0.4) is 0 Å². The van der Waals surface area contributed by atoms with Crippen LogP contribution in [0.1, 0.15) is 130 Å². The minimum Gasteiger partial charge on any atom is -0.370 e. The van der Waals surface area contributed by atoms with E-state index in [-0.39, 0.29) is 6.42 Å².